The monoisotopic (exact) mass is 316 g/mol. The van der Waals surface area contributed by atoms with Crippen LogP contribution in [0, 0.1) is 5.82 Å². The van der Waals surface area contributed by atoms with Crippen molar-refractivity contribution in [1.82, 2.24) is 20.3 Å². The highest BCUT2D eigenvalue weighted by molar-refractivity contribution is 6.30. The molecule has 20 heavy (non-hydrogen) atoms. The zero-order valence-corrected chi connectivity index (χ0v) is 11.9. The Balaban J connectivity index is 2.16. The Hall–Kier alpha value is -1.08. The Labute approximate surface area is 124 Å². The van der Waals surface area contributed by atoms with Gasteiger partial charge >= 0.3 is 0 Å². The van der Waals surface area contributed by atoms with Gasteiger partial charge in [0.1, 0.15) is 11.6 Å². The average molecular weight is 317 g/mol. The van der Waals surface area contributed by atoms with Crippen LogP contribution in [0.3, 0.4) is 0 Å². The molecule has 3 rings (SSSR count). The van der Waals surface area contributed by atoms with Gasteiger partial charge < -0.3 is 10.1 Å². The third-order valence-electron chi connectivity index (χ3n) is 3.10. The summed E-state index contributed by atoms with van der Waals surface area (Å²) in [6, 6.07) is 0. The van der Waals surface area contributed by atoms with E-state index < -0.39 is 5.82 Å². The average Bonchev–Trinajstić information content (AvgIpc) is 2.71. The first-order valence-corrected chi connectivity index (χ1v) is 6.92. The highest BCUT2D eigenvalue weighted by atomic mass is 35.5. The van der Waals surface area contributed by atoms with Gasteiger partial charge in [-0.3, -0.25) is 0 Å². The lowest BCUT2D eigenvalue weighted by molar-refractivity contribution is 0.0649. The van der Waals surface area contributed by atoms with E-state index in [4.69, 9.17) is 27.9 Å². The van der Waals surface area contributed by atoms with Crippen molar-refractivity contribution in [2.75, 3.05) is 19.7 Å². The van der Waals surface area contributed by atoms with Crippen LogP contribution >= 0.6 is 23.2 Å². The molecule has 1 aliphatic rings. The normalized spacial score (nSPS) is 20.1. The minimum Gasteiger partial charge on any atom is -0.371 e. The molecule has 0 spiro atoms. The van der Waals surface area contributed by atoms with Gasteiger partial charge in [0.05, 0.1) is 5.69 Å². The lowest BCUT2D eigenvalue weighted by Gasteiger charge is -2.16. The van der Waals surface area contributed by atoms with E-state index in [1.807, 2.05) is 0 Å². The first-order chi connectivity index (χ1) is 9.66. The van der Waals surface area contributed by atoms with Gasteiger partial charge in [-0.2, -0.15) is 0 Å². The van der Waals surface area contributed by atoms with E-state index in [1.165, 1.54) is 6.20 Å². The summed E-state index contributed by atoms with van der Waals surface area (Å²) in [6.45, 7) is 2.04. The van der Waals surface area contributed by atoms with Gasteiger partial charge in [0.2, 0.25) is 5.28 Å². The summed E-state index contributed by atoms with van der Waals surface area (Å²) < 4.78 is 19.7. The molecule has 1 N–H and O–H groups in total. The molecule has 1 atom stereocenters. The Morgan fingerprint density at radius 3 is 3.05 bits per heavy atom. The number of nitrogens with zero attached hydrogens (tertiary/aromatic N) is 3. The summed E-state index contributed by atoms with van der Waals surface area (Å²) in [7, 11) is 0. The van der Waals surface area contributed by atoms with E-state index in [1.54, 1.807) is 0 Å². The number of hydrogen-bond acceptors (Lipinski definition) is 5. The van der Waals surface area contributed by atoms with Crippen LogP contribution in [0.5, 0.6) is 0 Å². The van der Waals surface area contributed by atoms with Gasteiger partial charge in [-0.25, -0.2) is 19.3 Å². The molecule has 1 saturated heterocycles. The van der Waals surface area contributed by atoms with E-state index in [0.717, 1.165) is 13.0 Å². The highest BCUT2D eigenvalue weighted by Gasteiger charge is 2.22. The largest absolute Gasteiger partial charge is 0.371 e. The SMILES string of the molecule is Fc1c(Cl)ncc2c(C3CNCCCO3)nc(Cl)nc12. The molecule has 0 amide bonds. The van der Waals surface area contributed by atoms with Crippen molar-refractivity contribution in [2.24, 2.45) is 0 Å². The van der Waals surface area contributed by atoms with Crippen LogP contribution in [0.4, 0.5) is 4.39 Å². The van der Waals surface area contributed by atoms with E-state index >= 15 is 0 Å². The first-order valence-electron chi connectivity index (χ1n) is 6.16. The lowest BCUT2D eigenvalue weighted by atomic mass is 10.1. The summed E-state index contributed by atoms with van der Waals surface area (Å²) in [5.41, 5.74) is 0.588. The molecule has 1 fully saturated rings. The van der Waals surface area contributed by atoms with Crippen molar-refractivity contribution in [2.45, 2.75) is 12.5 Å². The van der Waals surface area contributed by atoms with Crippen molar-refractivity contribution in [3.63, 3.8) is 0 Å². The summed E-state index contributed by atoms with van der Waals surface area (Å²) >= 11 is 11.6. The Morgan fingerprint density at radius 2 is 2.20 bits per heavy atom. The number of fused-ring (bicyclic) bond motifs is 1. The van der Waals surface area contributed by atoms with Gasteiger partial charge in [-0.1, -0.05) is 11.6 Å². The smallest absolute Gasteiger partial charge is 0.223 e. The minimum absolute atomic E-state index is 0.0403. The predicted octanol–water partition coefficient (Wildman–Crippen LogP) is 2.52. The van der Waals surface area contributed by atoms with Crippen LogP contribution in [-0.2, 0) is 4.74 Å². The maximum Gasteiger partial charge on any atom is 0.223 e. The van der Waals surface area contributed by atoms with Crippen LogP contribution < -0.4 is 5.32 Å². The van der Waals surface area contributed by atoms with E-state index in [2.05, 4.69) is 20.3 Å². The molecule has 1 unspecified atom stereocenters. The third-order valence-corrected chi connectivity index (χ3v) is 3.53. The number of rotatable bonds is 1. The molecule has 8 heteroatoms. The molecular weight excluding hydrogens is 306 g/mol. The summed E-state index contributed by atoms with van der Waals surface area (Å²) in [5, 5.41) is 3.42. The Kier molecular flexibility index (Phi) is 3.98. The van der Waals surface area contributed by atoms with Crippen LogP contribution in [0.15, 0.2) is 6.20 Å². The molecule has 0 saturated carbocycles. The van der Waals surface area contributed by atoms with Gasteiger partial charge in [-0.05, 0) is 24.6 Å². The van der Waals surface area contributed by atoms with Gasteiger partial charge in [0.25, 0.3) is 0 Å². The topological polar surface area (TPSA) is 59.9 Å². The quantitative estimate of drug-likeness (QED) is 0.647. The van der Waals surface area contributed by atoms with Crippen molar-refractivity contribution in [1.29, 1.82) is 0 Å². The number of nitrogens with one attached hydrogen (secondary N) is 1. The lowest BCUT2D eigenvalue weighted by Crippen LogP contribution is -2.21. The van der Waals surface area contributed by atoms with Gasteiger partial charge in [0, 0.05) is 24.7 Å². The van der Waals surface area contributed by atoms with Crippen molar-refractivity contribution >= 4 is 34.1 Å². The molecule has 0 aromatic carbocycles. The Morgan fingerprint density at radius 1 is 1.35 bits per heavy atom. The highest BCUT2D eigenvalue weighted by Crippen LogP contribution is 2.29. The second-order valence-electron chi connectivity index (χ2n) is 4.42. The Bertz CT molecular complexity index is 647. The molecule has 106 valence electrons. The molecule has 5 nitrogen and oxygen atoms in total. The van der Waals surface area contributed by atoms with Crippen molar-refractivity contribution < 1.29 is 9.13 Å². The van der Waals surface area contributed by atoms with Crippen LogP contribution in [0.2, 0.25) is 10.4 Å². The standard InChI is InChI=1S/C12H11Cl2FN4O/c13-11-8(15)10-6(4-17-11)9(18-12(14)19-10)7-5-16-2-1-3-20-7/h4,7,16H,1-3,5H2. The molecule has 0 aliphatic carbocycles. The van der Waals surface area contributed by atoms with E-state index in [9.17, 15) is 4.39 Å². The van der Waals surface area contributed by atoms with Crippen LogP contribution in [0.25, 0.3) is 10.9 Å². The van der Waals surface area contributed by atoms with Crippen molar-refractivity contribution in [3.05, 3.63) is 28.1 Å². The number of aromatic nitrogens is 3. The fraction of sp³-hybridized carbons (Fsp3) is 0.417. The maximum absolute atomic E-state index is 14.0. The molecule has 2 aromatic heterocycles. The van der Waals surface area contributed by atoms with Gasteiger partial charge in [-0.15, -0.1) is 0 Å². The van der Waals surface area contributed by atoms with Crippen molar-refractivity contribution in [3.8, 4) is 0 Å². The minimum atomic E-state index is -0.698. The molecular formula is C12H11Cl2FN4O. The molecule has 1 aliphatic heterocycles. The third kappa shape index (κ3) is 2.56. The number of halogens is 3. The summed E-state index contributed by atoms with van der Waals surface area (Å²) in [6.07, 6.45) is 2.04. The fourth-order valence-corrected chi connectivity index (χ4v) is 2.48. The predicted molar refractivity (Wildman–Crippen MR) is 73.5 cm³/mol. The second-order valence-corrected chi connectivity index (χ2v) is 5.12. The summed E-state index contributed by atoms with van der Waals surface area (Å²) in [4.78, 5) is 11.9. The molecule has 0 bridgehead atoms. The zero-order chi connectivity index (χ0) is 14.1. The number of ether oxygens (including phenoxy) is 1. The molecule has 0 radical (unpaired) electrons. The fourth-order valence-electron chi connectivity index (χ4n) is 2.16. The number of pyridine rings is 1. The van der Waals surface area contributed by atoms with E-state index in [0.29, 0.717) is 24.2 Å². The zero-order valence-electron chi connectivity index (χ0n) is 10.4. The molecule has 2 aromatic rings. The van der Waals surface area contributed by atoms with Crippen LogP contribution in [0.1, 0.15) is 18.2 Å². The summed E-state index contributed by atoms with van der Waals surface area (Å²) in [5.74, 6) is -0.698. The molecule has 3 heterocycles. The first kappa shape index (κ1) is 13.9. The van der Waals surface area contributed by atoms with Gasteiger partial charge in [0.15, 0.2) is 11.0 Å². The van der Waals surface area contributed by atoms with E-state index in [-0.39, 0.29) is 22.1 Å². The maximum atomic E-state index is 14.0. The second kappa shape index (κ2) is 5.73. The van der Waals surface area contributed by atoms with Crippen LogP contribution in [-0.4, -0.2) is 34.6 Å². The number of hydrogen-bond donors (Lipinski definition) is 1.